The van der Waals surface area contributed by atoms with Crippen molar-refractivity contribution in [2.75, 3.05) is 32.1 Å². The quantitative estimate of drug-likeness (QED) is 0.800. The molecule has 0 spiro atoms. The van der Waals surface area contributed by atoms with E-state index in [1.807, 2.05) is 6.07 Å². The minimum Gasteiger partial charge on any atom is -0.368 e. The summed E-state index contributed by atoms with van der Waals surface area (Å²) in [6.45, 7) is 8.27. The molecule has 3 nitrogen and oxygen atoms in total. The van der Waals surface area contributed by atoms with Gasteiger partial charge in [-0.15, -0.1) is 0 Å². The van der Waals surface area contributed by atoms with Gasteiger partial charge in [0, 0.05) is 30.9 Å². The van der Waals surface area contributed by atoms with Crippen molar-refractivity contribution >= 4 is 5.69 Å². The van der Waals surface area contributed by atoms with Gasteiger partial charge in [0.15, 0.2) is 0 Å². The molecule has 0 saturated carbocycles. The van der Waals surface area contributed by atoms with Crippen molar-refractivity contribution in [2.24, 2.45) is 5.73 Å². The van der Waals surface area contributed by atoms with Crippen molar-refractivity contribution in [1.29, 1.82) is 0 Å². The average molecular weight is 295 g/mol. The smallest absolute Gasteiger partial charge is 0.123 e. The number of anilines is 1. The van der Waals surface area contributed by atoms with Crippen LogP contribution in [0.5, 0.6) is 0 Å². The Morgan fingerprint density at radius 1 is 1.24 bits per heavy atom. The van der Waals surface area contributed by atoms with E-state index in [1.54, 1.807) is 12.1 Å². The Balaban J connectivity index is 3.07. The Morgan fingerprint density at radius 2 is 1.90 bits per heavy atom. The van der Waals surface area contributed by atoms with Gasteiger partial charge in [-0.1, -0.05) is 6.92 Å². The highest BCUT2D eigenvalue weighted by molar-refractivity contribution is 5.55. The van der Waals surface area contributed by atoms with Crippen LogP contribution in [0.4, 0.5) is 10.1 Å². The zero-order valence-corrected chi connectivity index (χ0v) is 14.1. The summed E-state index contributed by atoms with van der Waals surface area (Å²) in [6.07, 6.45) is 1.62. The first-order valence-electron chi connectivity index (χ1n) is 7.84. The monoisotopic (exact) mass is 295 g/mol. The van der Waals surface area contributed by atoms with Gasteiger partial charge in [-0.25, -0.2) is 4.39 Å². The fourth-order valence-corrected chi connectivity index (χ4v) is 2.77. The number of halogens is 1. The van der Waals surface area contributed by atoms with Gasteiger partial charge in [0.05, 0.1) is 0 Å². The standard InChI is InChI=1S/C17H30FN3/c1-6-16(19)11-14-10-15(18)8-9-17(14)21(7-2)13(3)12-20(4)5/h8-10,13,16H,6-7,11-12,19H2,1-5H3. The summed E-state index contributed by atoms with van der Waals surface area (Å²) in [7, 11) is 4.14. The Bertz CT molecular complexity index is 434. The number of hydrogen-bond donors (Lipinski definition) is 1. The van der Waals surface area contributed by atoms with Gasteiger partial charge in [0.1, 0.15) is 5.82 Å². The second kappa shape index (κ2) is 8.35. The van der Waals surface area contributed by atoms with Crippen LogP contribution in [0.1, 0.15) is 32.8 Å². The Labute approximate surface area is 128 Å². The van der Waals surface area contributed by atoms with Crippen LogP contribution in [0.25, 0.3) is 0 Å². The number of likely N-dealkylation sites (N-methyl/N-ethyl adjacent to an activating group) is 2. The van der Waals surface area contributed by atoms with Crippen molar-refractivity contribution in [1.82, 2.24) is 4.90 Å². The molecule has 21 heavy (non-hydrogen) atoms. The van der Waals surface area contributed by atoms with Crippen molar-refractivity contribution in [3.63, 3.8) is 0 Å². The van der Waals surface area contributed by atoms with Gasteiger partial charge in [0.25, 0.3) is 0 Å². The predicted molar refractivity (Wildman–Crippen MR) is 89.4 cm³/mol. The van der Waals surface area contributed by atoms with Crippen LogP contribution in [-0.4, -0.2) is 44.2 Å². The number of nitrogens with zero attached hydrogens (tertiary/aromatic N) is 2. The summed E-state index contributed by atoms with van der Waals surface area (Å²) in [5, 5.41) is 0. The molecule has 0 aliphatic heterocycles. The largest absolute Gasteiger partial charge is 0.368 e. The topological polar surface area (TPSA) is 32.5 Å². The molecule has 1 aromatic carbocycles. The van der Waals surface area contributed by atoms with E-state index in [0.717, 1.165) is 37.2 Å². The Hall–Kier alpha value is -1.13. The number of nitrogens with two attached hydrogens (primary N) is 1. The zero-order valence-electron chi connectivity index (χ0n) is 14.1. The summed E-state index contributed by atoms with van der Waals surface area (Å²) in [6, 6.07) is 5.51. The summed E-state index contributed by atoms with van der Waals surface area (Å²) < 4.78 is 13.6. The van der Waals surface area contributed by atoms with Crippen LogP contribution in [-0.2, 0) is 6.42 Å². The highest BCUT2D eigenvalue weighted by atomic mass is 19.1. The molecule has 0 aliphatic carbocycles. The molecule has 0 bridgehead atoms. The van der Waals surface area contributed by atoms with E-state index in [-0.39, 0.29) is 11.9 Å². The van der Waals surface area contributed by atoms with Crippen LogP contribution < -0.4 is 10.6 Å². The van der Waals surface area contributed by atoms with Gasteiger partial charge in [-0.05, 0) is 64.5 Å². The van der Waals surface area contributed by atoms with E-state index in [0.29, 0.717) is 6.04 Å². The van der Waals surface area contributed by atoms with E-state index in [9.17, 15) is 4.39 Å². The molecular formula is C17H30FN3. The van der Waals surface area contributed by atoms with E-state index in [1.165, 1.54) is 0 Å². The minimum atomic E-state index is -0.187. The molecule has 0 fully saturated rings. The molecule has 0 heterocycles. The van der Waals surface area contributed by atoms with Crippen molar-refractivity contribution in [2.45, 2.75) is 45.7 Å². The maximum absolute atomic E-state index is 13.6. The lowest BCUT2D eigenvalue weighted by molar-refractivity contribution is 0.372. The van der Waals surface area contributed by atoms with E-state index in [2.05, 4.69) is 44.7 Å². The van der Waals surface area contributed by atoms with Crippen LogP contribution in [0, 0.1) is 5.82 Å². The van der Waals surface area contributed by atoms with Crippen molar-refractivity contribution in [3.8, 4) is 0 Å². The third kappa shape index (κ3) is 5.29. The highest BCUT2D eigenvalue weighted by Crippen LogP contribution is 2.25. The molecule has 2 atom stereocenters. The van der Waals surface area contributed by atoms with Gasteiger partial charge < -0.3 is 15.5 Å². The summed E-state index contributed by atoms with van der Waals surface area (Å²) in [4.78, 5) is 4.51. The summed E-state index contributed by atoms with van der Waals surface area (Å²) in [5.74, 6) is -0.187. The van der Waals surface area contributed by atoms with Gasteiger partial charge in [0.2, 0.25) is 0 Å². The predicted octanol–water partition coefficient (Wildman–Crippen LogP) is 2.88. The average Bonchev–Trinajstić information content (AvgIpc) is 2.40. The van der Waals surface area contributed by atoms with Crippen molar-refractivity contribution < 1.29 is 4.39 Å². The number of rotatable bonds is 8. The fraction of sp³-hybridized carbons (Fsp3) is 0.647. The molecule has 120 valence electrons. The van der Waals surface area contributed by atoms with Gasteiger partial charge in [-0.2, -0.15) is 0 Å². The van der Waals surface area contributed by atoms with E-state index < -0.39 is 0 Å². The Kier molecular flexibility index (Phi) is 7.12. The molecule has 4 heteroatoms. The maximum Gasteiger partial charge on any atom is 0.123 e. The fourth-order valence-electron chi connectivity index (χ4n) is 2.77. The molecule has 2 N–H and O–H groups in total. The molecule has 0 radical (unpaired) electrons. The third-order valence-corrected chi connectivity index (χ3v) is 3.86. The molecule has 0 amide bonds. The normalized spacial score (nSPS) is 14.3. The SMILES string of the molecule is CCC(N)Cc1cc(F)ccc1N(CC)C(C)CN(C)C. The first-order valence-corrected chi connectivity index (χ1v) is 7.84. The lowest BCUT2D eigenvalue weighted by Gasteiger charge is -2.34. The first kappa shape index (κ1) is 17.9. The first-order chi connectivity index (χ1) is 9.88. The summed E-state index contributed by atoms with van der Waals surface area (Å²) >= 11 is 0. The number of hydrogen-bond acceptors (Lipinski definition) is 3. The van der Waals surface area contributed by atoms with Gasteiger partial charge >= 0.3 is 0 Å². The maximum atomic E-state index is 13.6. The van der Waals surface area contributed by atoms with E-state index in [4.69, 9.17) is 5.73 Å². The van der Waals surface area contributed by atoms with Gasteiger partial charge in [-0.3, -0.25) is 0 Å². The lowest BCUT2D eigenvalue weighted by Crippen LogP contribution is -2.40. The Morgan fingerprint density at radius 3 is 2.43 bits per heavy atom. The van der Waals surface area contributed by atoms with Crippen molar-refractivity contribution in [3.05, 3.63) is 29.6 Å². The second-order valence-corrected chi connectivity index (χ2v) is 6.04. The van der Waals surface area contributed by atoms with E-state index >= 15 is 0 Å². The number of benzene rings is 1. The zero-order chi connectivity index (χ0) is 16.0. The molecule has 1 rings (SSSR count). The third-order valence-electron chi connectivity index (χ3n) is 3.86. The molecule has 2 unspecified atom stereocenters. The second-order valence-electron chi connectivity index (χ2n) is 6.04. The minimum absolute atomic E-state index is 0.0772. The molecule has 1 aromatic rings. The lowest BCUT2D eigenvalue weighted by atomic mass is 10.0. The molecule has 0 aliphatic rings. The van der Waals surface area contributed by atoms with Crippen LogP contribution in [0.2, 0.25) is 0 Å². The molecular weight excluding hydrogens is 265 g/mol. The van der Waals surface area contributed by atoms with Crippen LogP contribution >= 0.6 is 0 Å². The molecule has 0 saturated heterocycles. The van der Waals surface area contributed by atoms with Crippen LogP contribution in [0.15, 0.2) is 18.2 Å². The highest BCUT2D eigenvalue weighted by Gasteiger charge is 2.18. The summed E-state index contributed by atoms with van der Waals surface area (Å²) in [5.41, 5.74) is 8.19. The molecule has 0 aromatic heterocycles. The van der Waals surface area contributed by atoms with Crippen LogP contribution in [0.3, 0.4) is 0 Å².